The lowest BCUT2D eigenvalue weighted by Crippen LogP contribution is -2.14. The van der Waals surface area contributed by atoms with Gasteiger partial charge in [0.1, 0.15) is 5.75 Å². The monoisotopic (exact) mass is 234 g/mol. The lowest BCUT2D eigenvalue weighted by Gasteiger charge is -2.11. The van der Waals surface area contributed by atoms with Crippen molar-refractivity contribution in [1.82, 2.24) is 5.32 Å². The predicted octanol–water partition coefficient (Wildman–Crippen LogP) is 1.15. The molecule has 1 unspecified atom stereocenters. The molecule has 1 amide bonds. The van der Waals surface area contributed by atoms with E-state index >= 15 is 0 Å². The number of nitrogens with two attached hydrogens (primary N) is 1. The molecule has 0 saturated heterocycles. The Kier molecular flexibility index (Phi) is 3.64. The SMILES string of the molecule is CNC1CCc2cc(OCCC(N)=O)ccc21. The first-order chi connectivity index (χ1) is 8.20. The summed E-state index contributed by atoms with van der Waals surface area (Å²) in [6.07, 6.45) is 2.47. The maximum atomic E-state index is 10.6. The first kappa shape index (κ1) is 11.9. The molecule has 1 aliphatic rings. The van der Waals surface area contributed by atoms with Crippen LogP contribution in [0, 0.1) is 0 Å². The topological polar surface area (TPSA) is 64.3 Å². The third-order valence-corrected chi connectivity index (χ3v) is 3.16. The van der Waals surface area contributed by atoms with Gasteiger partial charge in [0.05, 0.1) is 13.0 Å². The quantitative estimate of drug-likeness (QED) is 0.803. The van der Waals surface area contributed by atoms with Crippen LogP contribution in [0.2, 0.25) is 0 Å². The van der Waals surface area contributed by atoms with Crippen LogP contribution in [-0.2, 0) is 11.2 Å². The van der Waals surface area contributed by atoms with Crippen molar-refractivity contribution in [3.8, 4) is 5.75 Å². The van der Waals surface area contributed by atoms with Crippen LogP contribution in [0.25, 0.3) is 0 Å². The first-order valence-electron chi connectivity index (χ1n) is 5.92. The fourth-order valence-electron chi connectivity index (χ4n) is 2.25. The van der Waals surface area contributed by atoms with Crippen LogP contribution in [0.4, 0.5) is 0 Å². The normalized spacial score (nSPS) is 17.8. The predicted molar refractivity (Wildman–Crippen MR) is 65.9 cm³/mol. The van der Waals surface area contributed by atoms with Crippen molar-refractivity contribution in [2.24, 2.45) is 5.73 Å². The molecule has 2 rings (SSSR count). The van der Waals surface area contributed by atoms with Gasteiger partial charge in [-0.25, -0.2) is 0 Å². The number of ether oxygens (including phenoxy) is 1. The number of amides is 1. The molecule has 4 heteroatoms. The van der Waals surface area contributed by atoms with Crippen molar-refractivity contribution in [3.63, 3.8) is 0 Å². The minimum absolute atomic E-state index is 0.260. The molecule has 92 valence electrons. The van der Waals surface area contributed by atoms with Crippen molar-refractivity contribution < 1.29 is 9.53 Å². The summed E-state index contributed by atoms with van der Waals surface area (Å²) in [5.41, 5.74) is 7.75. The highest BCUT2D eigenvalue weighted by Gasteiger charge is 2.20. The number of aryl methyl sites for hydroxylation is 1. The van der Waals surface area contributed by atoms with Crippen molar-refractivity contribution in [2.75, 3.05) is 13.7 Å². The zero-order valence-electron chi connectivity index (χ0n) is 10.0. The summed E-state index contributed by atoms with van der Waals surface area (Å²) in [4.78, 5) is 10.6. The van der Waals surface area contributed by atoms with Crippen LogP contribution in [0.5, 0.6) is 5.75 Å². The molecule has 1 atom stereocenters. The van der Waals surface area contributed by atoms with E-state index in [2.05, 4.69) is 17.4 Å². The summed E-state index contributed by atoms with van der Waals surface area (Å²) in [6.45, 7) is 0.351. The fourth-order valence-corrected chi connectivity index (χ4v) is 2.25. The zero-order valence-corrected chi connectivity index (χ0v) is 10.0. The average Bonchev–Trinajstić information content (AvgIpc) is 2.70. The molecule has 0 bridgehead atoms. The van der Waals surface area contributed by atoms with Gasteiger partial charge in [0.2, 0.25) is 5.91 Å². The Hall–Kier alpha value is -1.55. The number of primary amides is 1. The van der Waals surface area contributed by atoms with Crippen molar-refractivity contribution in [3.05, 3.63) is 29.3 Å². The average molecular weight is 234 g/mol. The van der Waals surface area contributed by atoms with Crippen molar-refractivity contribution in [1.29, 1.82) is 0 Å². The number of benzene rings is 1. The molecule has 0 aliphatic heterocycles. The highest BCUT2D eigenvalue weighted by atomic mass is 16.5. The first-order valence-corrected chi connectivity index (χ1v) is 5.92. The van der Waals surface area contributed by atoms with Gasteiger partial charge in [-0.3, -0.25) is 4.79 Å². The Morgan fingerprint density at radius 1 is 1.59 bits per heavy atom. The van der Waals surface area contributed by atoms with E-state index in [1.807, 2.05) is 13.1 Å². The Morgan fingerprint density at radius 2 is 2.41 bits per heavy atom. The number of fused-ring (bicyclic) bond motifs is 1. The summed E-state index contributed by atoms with van der Waals surface area (Å²) in [5.74, 6) is 0.489. The van der Waals surface area contributed by atoms with Gasteiger partial charge in [-0.2, -0.15) is 0 Å². The standard InChI is InChI=1S/C13H18N2O2/c1-15-12-5-2-9-8-10(3-4-11(9)12)17-7-6-13(14)16/h3-4,8,12,15H,2,5-7H2,1H3,(H2,14,16). The summed E-state index contributed by atoms with van der Waals surface area (Å²) in [7, 11) is 1.98. The molecule has 0 saturated carbocycles. The van der Waals surface area contributed by atoms with E-state index < -0.39 is 0 Å². The van der Waals surface area contributed by atoms with Gasteiger partial charge in [-0.05, 0) is 43.1 Å². The third kappa shape index (κ3) is 2.77. The molecular weight excluding hydrogens is 216 g/mol. The minimum atomic E-state index is -0.332. The molecule has 0 radical (unpaired) electrons. The van der Waals surface area contributed by atoms with E-state index in [0.29, 0.717) is 12.6 Å². The van der Waals surface area contributed by atoms with E-state index in [-0.39, 0.29) is 12.3 Å². The van der Waals surface area contributed by atoms with Gasteiger partial charge in [0.15, 0.2) is 0 Å². The lowest BCUT2D eigenvalue weighted by molar-refractivity contribution is -0.118. The van der Waals surface area contributed by atoms with Gasteiger partial charge < -0.3 is 15.8 Å². The van der Waals surface area contributed by atoms with E-state index in [9.17, 15) is 4.79 Å². The zero-order chi connectivity index (χ0) is 12.3. The number of carbonyl (C=O) groups is 1. The van der Waals surface area contributed by atoms with E-state index in [1.165, 1.54) is 11.1 Å². The van der Waals surface area contributed by atoms with Crippen LogP contribution in [0.1, 0.15) is 30.0 Å². The van der Waals surface area contributed by atoms with Crippen molar-refractivity contribution >= 4 is 5.91 Å². The molecule has 3 N–H and O–H groups in total. The van der Waals surface area contributed by atoms with Crippen LogP contribution >= 0.6 is 0 Å². The largest absolute Gasteiger partial charge is 0.493 e. The molecular formula is C13H18N2O2. The Bertz CT molecular complexity index is 418. The molecule has 17 heavy (non-hydrogen) atoms. The van der Waals surface area contributed by atoms with Crippen LogP contribution in [0.3, 0.4) is 0 Å². The number of hydrogen-bond donors (Lipinski definition) is 2. The number of rotatable bonds is 5. The van der Waals surface area contributed by atoms with Crippen LogP contribution in [-0.4, -0.2) is 19.6 Å². The van der Waals surface area contributed by atoms with Crippen LogP contribution < -0.4 is 15.8 Å². The smallest absolute Gasteiger partial charge is 0.220 e. The van der Waals surface area contributed by atoms with E-state index in [4.69, 9.17) is 10.5 Å². The Labute approximate surface area is 101 Å². The van der Waals surface area contributed by atoms with Gasteiger partial charge in [0, 0.05) is 6.04 Å². The molecule has 1 aromatic rings. The number of carbonyl (C=O) groups excluding carboxylic acids is 1. The van der Waals surface area contributed by atoms with Gasteiger partial charge in [0.25, 0.3) is 0 Å². The fraction of sp³-hybridized carbons (Fsp3) is 0.462. The van der Waals surface area contributed by atoms with Gasteiger partial charge in [-0.1, -0.05) is 6.07 Å². The highest BCUT2D eigenvalue weighted by molar-refractivity contribution is 5.73. The number of hydrogen-bond acceptors (Lipinski definition) is 3. The maximum absolute atomic E-state index is 10.6. The summed E-state index contributed by atoms with van der Waals surface area (Å²) < 4.78 is 5.49. The van der Waals surface area contributed by atoms with Gasteiger partial charge in [-0.15, -0.1) is 0 Å². The molecule has 0 aromatic heterocycles. The van der Waals surface area contributed by atoms with Crippen molar-refractivity contribution in [2.45, 2.75) is 25.3 Å². The Morgan fingerprint density at radius 3 is 3.12 bits per heavy atom. The highest BCUT2D eigenvalue weighted by Crippen LogP contribution is 2.33. The second-order valence-corrected chi connectivity index (χ2v) is 4.31. The lowest BCUT2D eigenvalue weighted by atomic mass is 10.1. The molecule has 4 nitrogen and oxygen atoms in total. The van der Waals surface area contributed by atoms with Gasteiger partial charge >= 0.3 is 0 Å². The minimum Gasteiger partial charge on any atom is -0.493 e. The summed E-state index contributed by atoms with van der Waals surface area (Å²) >= 11 is 0. The second-order valence-electron chi connectivity index (χ2n) is 4.31. The molecule has 0 spiro atoms. The molecule has 1 aromatic carbocycles. The molecule has 0 heterocycles. The second kappa shape index (κ2) is 5.19. The number of nitrogens with one attached hydrogen (secondary N) is 1. The van der Waals surface area contributed by atoms with Crippen LogP contribution in [0.15, 0.2) is 18.2 Å². The molecule has 1 aliphatic carbocycles. The molecule has 0 fully saturated rings. The summed E-state index contributed by atoms with van der Waals surface area (Å²) in [6, 6.07) is 6.58. The summed E-state index contributed by atoms with van der Waals surface area (Å²) in [5, 5.41) is 3.30. The third-order valence-electron chi connectivity index (χ3n) is 3.16. The maximum Gasteiger partial charge on any atom is 0.220 e. The Balaban J connectivity index is 2.00. The van der Waals surface area contributed by atoms with E-state index in [0.717, 1.165) is 18.6 Å². The van der Waals surface area contributed by atoms with E-state index in [1.54, 1.807) is 0 Å².